The summed E-state index contributed by atoms with van der Waals surface area (Å²) in [5, 5.41) is 0. The smallest absolute Gasteiger partial charge is 0.185 e. The lowest BCUT2D eigenvalue weighted by atomic mass is 10.1. The maximum Gasteiger partial charge on any atom is 0.185 e. The molecule has 0 aliphatic heterocycles. The minimum absolute atomic E-state index is 0.0193. The molecular formula is C48H52O5. The van der Waals surface area contributed by atoms with Crippen molar-refractivity contribution < 1.29 is 23.7 Å². The van der Waals surface area contributed by atoms with E-state index in [0.717, 1.165) is 76.9 Å². The molecule has 0 aliphatic carbocycles. The molecule has 0 N–H and O–H groups in total. The molecule has 5 aromatic carbocycles. The van der Waals surface area contributed by atoms with Crippen LogP contribution in [0.25, 0.3) is 22.8 Å². The van der Waals surface area contributed by atoms with E-state index in [0.29, 0.717) is 18.8 Å². The summed E-state index contributed by atoms with van der Waals surface area (Å²) in [7, 11) is 0. The number of ketones is 1. The lowest BCUT2D eigenvalue weighted by Gasteiger charge is -2.10. The number of allylic oxidation sites excluding steroid dienone is 2. The number of benzene rings is 5. The molecule has 0 aliphatic rings. The number of unbranched alkanes of at least 4 members (excludes halogenated alkanes) is 7. The van der Waals surface area contributed by atoms with Crippen LogP contribution in [0.5, 0.6) is 23.0 Å². The lowest BCUT2D eigenvalue weighted by molar-refractivity contribution is 0.104. The summed E-state index contributed by atoms with van der Waals surface area (Å²) in [6.07, 6.45) is 13.1. The van der Waals surface area contributed by atoms with Crippen LogP contribution in [0.2, 0.25) is 0 Å². The molecule has 5 heteroatoms. The first-order chi connectivity index (χ1) is 26.0. The standard InChI is InChI=1S/C48H52O5/c1-38(2)40-19-27-45(28-20-40)50-34-12-7-5-3-4-6-8-13-35-51-46-29-21-41(22-30-46)42-23-31-47(32-24-42)53-37-36-52-44-25-16-39(17-26-44)18-33-48(49)43-14-10-9-11-15-43/h9-11,14-33H,1,3-8,12-13,34-37H2,2H3/b33-18+. The third-order valence-corrected chi connectivity index (χ3v) is 8.95. The third-order valence-electron chi connectivity index (χ3n) is 8.95. The van der Waals surface area contributed by atoms with Gasteiger partial charge in [0, 0.05) is 5.56 Å². The molecule has 0 saturated heterocycles. The fourth-order valence-electron chi connectivity index (χ4n) is 5.83. The van der Waals surface area contributed by atoms with E-state index < -0.39 is 0 Å². The predicted octanol–water partition coefficient (Wildman–Crippen LogP) is 12.3. The van der Waals surface area contributed by atoms with Crippen molar-refractivity contribution in [3.63, 3.8) is 0 Å². The quantitative estimate of drug-likeness (QED) is 0.0384. The highest BCUT2D eigenvalue weighted by molar-refractivity contribution is 6.06. The zero-order valence-electron chi connectivity index (χ0n) is 31.0. The first kappa shape index (κ1) is 38.7. The second kappa shape index (κ2) is 21.7. The van der Waals surface area contributed by atoms with Gasteiger partial charge in [-0.25, -0.2) is 0 Å². The Morgan fingerprint density at radius 1 is 0.472 bits per heavy atom. The van der Waals surface area contributed by atoms with Gasteiger partial charge in [0.15, 0.2) is 5.78 Å². The van der Waals surface area contributed by atoms with Crippen LogP contribution in [0.3, 0.4) is 0 Å². The van der Waals surface area contributed by atoms with Gasteiger partial charge in [0.2, 0.25) is 0 Å². The molecule has 0 unspecified atom stereocenters. The molecule has 0 amide bonds. The van der Waals surface area contributed by atoms with E-state index in [9.17, 15) is 4.79 Å². The van der Waals surface area contributed by atoms with E-state index in [-0.39, 0.29) is 5.78 Å². The summed E-state index contributed by atoms with van der Waals surface area (Å²) >= 11 is 0. The second-order valence-corrected chi connectivity index (χ2v) is 13.2. The minimum Gasteiger partial charge on any atom is -0.494 e. The molecule has 0 saturated carbocycles. The van der Waals surface area contributed by atoms with Gasteiger partial charge < -0.3 is 18.9 Å². The van der Waals surface area contributed by atoms with Gasteiger partial charge in [-0.3, -0.25) is 4.79 Å². The zero-order chi connectivity index (χ0) is 36.9. The van der Waals surface area contributed by atoms with Crippen LogP contribution in [-0.4, -0.2) is 32.2 Å². The first-order valence-electron chi connectivity index (χ1n) is 18.9. The largest absolute Gasteiger partial charge is 0.494 e. The van der Waals surface area contributed by atoms with Gasteiger partial charge >= 0.3 is 0 Å². The molecule has 0 heterocycles. The number of rotatable bonds is 23. The monoisotopic (exact) mass is 708 g/mol. The molecule has 0 aromatic heterocycles. The Balaban J connectivity index is 0.878. The summed E-state index contributed by atoms with van der Waals surface area (Å²) in [5.41, 5.74) is 6.11. The van der Waals surface area contributed by atoms with Gasteiger partial charge in [-0.1, -0.05) is 136 Å². The van der Waals surface area contributed by atoms with E-state index in [1.165, 1.54) is 38.5 Å². The molecule has 5 rings (SSSR count). The maximum absolute atomic E-state index is 12.3. The topological polar surface area (TPSA) is 54.0 Å². The van der Waals surface area contributed by atoms with E-state index >= 15 is 0 Å². The van der Waals surface area contributed by atoms with Crippen molar-refractivity contribution in [3.8, 4) is 34.1 Å². The Bertz CT molecular complexity index is 1820. The Morgan fingerprint density at radius 3 is 1.32 bits per heavy atom. The molecule has 0 fully saturated rings. The van der Waals surface area contributed by atoms with Crippen LogP contribution < -0.4 is 18.9 Å². The van der Waals surface area contributed by atoms with Crippen LogP contribution in [0.4, 0.5) is 0 Å². The normalized spacial score (nSPS) is 11.0. The van der Waals surface area contributed by atoms with Crippen LogP contribution >= 0.6 is 0 Å². The molecule has 5 aromatic rings. The Hall–Kier alpha value is -5.55. The van der Waals surface area contributed by atoms with Crippen molar-refractivity contribution in [2.45, 2.75) is 58.3 Å². The summed E-state index contributed by atoms with van der Waals surface area (Å²) in [6, 6.07) is 41.5. The number of ether oxygens (including phenoxy) is 4. The van der Waals surface area contributed by atoms with Crippen molar-refractivity contribution in [1.29, 1.82) is 0 Å². The van der Waals surface area contributed by atoms with Gasteiger partial charge in [-0.15, -0.1) is 0 Å². The van der Waals surface area contributed by atoms with Gasteiger partial charge in [0.1, 0.15) is 36.2 Å². The van der Waals surface area contributed by atoms with Crippen LogP contribution in [0, 0.1) is 0 Å². The van der Waals surface area contributed by atoms with Crippen LogP contribution in [0.15, 0.2) is 140 Å². The average Bonchev–Trinajstić information content (AvgIpc) is 3.20. The predicted molar refractivity (Wildman–Crippen MR) is 218 cm³/mol. The van der Waals surface area contributed by atoms with Crippen molar-refractivity contribution in [3.05, 3.63) is 157 Å². The van der Waals surface area contributed by atoms with Crippen molar-refractivity contribution in [1.82, 2.24) is 0 Å². The Kier molecular flexibility index (Phi) is 15.9. The van der Waals surface area contributed by atoms with Crippen LogP contribution in [-0.2, 0) is 0 Å². The SMILES string of the molecule is C=C(C)c1ccc(OCCCCCCCCCCOc2ccc(-c3ccc(OCCOc4ccc(/C=C/C(=O)c5ccccc5)cc4)cc3)cc2)cc1. The minimum atomic E-state index is -0.0193. The number of carbonyl (C=O) groups excluding carboxylic acids is 1. The number of hydrogen-bond donors (Lipinski definition) is 0. The van der Waals surface area contributed by atoms with Crippen molar-refractivity contribution in [2.75, 3.05) is 26.4 Å². The molecule has 0 spiro atoms. The summed E-state index contributed by atoms with van der Waals surface area (Å²) in [6.45, 7) is 8.38. The second-order valence-electron chi connectivity index (χ2n) is 13.2. The fraction of sp³-hybridized carbons (Fsp3) is 0.271. The highest BCUT2D eigenvalue weighted by Gasteiger charge is 2.03. The van der Waals surface area contributed by atoms with Crippen molar-refractivity contribution in [2.24, 2.45) is 0 Å². The lowest BCUT2D eigenvalue weighted by Crippen LogP contribution is -2.08. The Morgan fingerprint density at radius 2 is 0.868 bits per heavy atom. The number of hydrogen-bond acceptors (Lipinski definition) is 5. The van der Waals surface area contributed by atoms with E-state index in [4.69, 9.17) is 18.9 Å². The molecule has 0 bridgehead atoms. The summed E-state index contributed by atoms with van der Waals surface area (Å²) in [5.74, 6) is 3.38. The molecule has 0 atom stereocenters. The zero-order valence-corrected chi connectivity index (χ0v) is 31.0. The first-order valence-corrected chi connectivity index (χ1v) is 18.9. The van der Waals surface area contributed by atoms with E-state index in [1.807, 2.05) is 104 Å². The van der Waals surface area contributed by atoms with E-state index in [2.05, 4.69) is 43.0 Å². The Labute approximate surface area is 315 Å². The molecule has 0 radical (unpaired) electrons. The molecule has 274 valence electrons. The van der Waals surface area contributed by atoms with Gasteiger partial charge in [-0.2, -0.15) is 0 Å². The average molecular weight is 709 g/mol. The molecule has 5 nitrogen and oxygen atoms in total. The fourth-order valence-corrected chi connectivity index (χ4v) is 5.83. The van der Waals surface area contributed by atoms with Gasteiger partial charge in [0.05, 0.1) is 13.2 Å². The van der Waals surface area contributed by atoms with Crippen molar-refractivity contribution >= 4 is 17.4 Å². The van der Waals surface area contributed by atoms with Gasteiger partial charge in [-0.05, 0) is 96.6 Å². The summed E-state index contributed by atoms with van der Waals surface area (Å²) in [4.78, 5) is 12.3. The number of carbonyl (C=O) groups is 1. The van der Waals surface area contributed by atoms with Crippen LogP contribution in [0.1, 0.15) is 79.8 Å². The molecule has 53 heavy (non-hydrogen) atoms. The maximum atomic E-state index is 12.3. The summed E-state index contributed by atoms with van der Waals surface area (Å²) < 4.78 is 23.6. The third kappa shape index (κ3) is 13.8. The van der Waals surface area contributed by atoms with E-state index in [1.54, 1.807) is 6.08 Å². The van der Waals surface area contributed by atoms with Gasteiger partial charge in [0.25, 0.3) is 0 Å². The molecular weight excluding hydrogens is 657 g/mol. The highest BCUT2D eigenvalue weighted by atomic mass is 16.5. The highest BCUT2D eigenvalue weighted by Crippen LogP contribution is 2.25.